The third-order valence-electron chi connectivity index (χ3n) is 3.25. The molecular formula is C14H19BrN2. The fourth-order valence-corrected chi connectivity index (χ4v) is 2.54. The van der Waals surface area contributed by atoms with E-state index >= 15 is 0 Å². The maximum Gasteiger partial charge on any atom is 0.110 e. The molecule has 1 aromatic carbocycles. The predicted octanol–water partition coefficient (Wildman–Crippen LogP) is 5.01. The Morgan fingerprint density at radius 3 is 2.88 bits per heavy atom. The third kappa shape index (κ3) is 2.89. The van der Waals surface area contributed by atoms with E-state index in [1.165, 1.54) is 19.3 Å². The smallest absolute Gasteiger partial charge is 0.110 e. The Labute approximate surface area is 111 Å². The zero-order valence-corrected chi connectivity index (χ0v) is 12.0. The fraction of sp³-hybridized carbons (Fsp3) is 0.500. The normalized spacial score (nSPS) is 13.1. The van der Waals surface area contributed by atoms with Crippen molar-refractivity contribution in [2.45, 2.75) is 45.4 Å². The first-order valence-electron chi connectivity index (χ1n) is 6.39. The molecule has 17 heavy (non-hydrogen) atoms. The van der Waals surface area contributed by atoms with Gasteiger partial charge in [-0.1, -0.05) is 42.6 Å². The summed E-state index contributed by atoms with van der Waals surface area (Å²) in [6.45, 7) is 4.48. The number of nitrogens with zero attached hydrogens (tertiary/aromatic N) is 1. The number of rotatable bonds is 5. The highest BCUT2D eigenvalue weighted by atomic mass is 79.9. The highest BCUT2D eigenvalue weighted by Crippen LogP contribution is 2.26. The molecule has 1 heterocycles. The molecule has 2 aromatic rings. The molecule has 0 bridgehead atoms. The van der Waals surface area contributed by atoms with E-state index in [4.69, 9.17) is 4.98 Å². The van der Waals surface area contributed by atoms with Crippen molar-refractivity contribution in [2.24, 2.45) is 0 Å². The number of H-pyrrole nitrogens is 1. The van der Waals surface area contributed by atoms with Gasteiger partial charge in [0.25, 0.3) is 0 Å². The Morgan fingerprint density at radius 2 is 2.18 bits per heavy atom. The Morgan fingerprint density at radius 1 is 1.35 bits per heavy atom. The maximum atomic E-state index is 4.70. The van der Waals surface area contributed by atoms with Crippen molar-refractivity contribution in [1.29, 1.82) is 0 Å². The summed E-state index contributed by atoms with van der Waals surface area (Å²) in [5.74, 6) is 1.72. The van der Waals surface area contributed by atoms with Crippen LogP contribution in [0.3, 0.4) is 0 Å². The van der Waals surface area contributed by atoms with E-state index in [0.717, 1.165) is 27.8 Å². The largest absolute Gasteiger partial charge is 0.342 e. The molecule has 0 saturated carbocycles. The van der Waals surface area contributed by atoms with Gasteiger partial charge < -0.3 is 4.98 Å². The number of benzene rings is 1. The molecule has 0 aliphatic rings. The van der Waals surface area contributed by atoms with E-state index in [2.05, 4.69) is 46.9 Å². The Hall–Kier alpha value is -0.830. The van der Waals surface area contributed by atoms with Gasteiger partial charge in [-0.2, -0.15) is 0 Å². The number of aromatic amines is 1. The van der Waals surface area contributed by atoms with E-state index in [1.54, 1.807) is 0 Å². The van der Waals surface area contributed by atoms with Crippen LogP contribution in [0.2, 0.25) is 0 Å². The van der Waals surface area contributed by atoms with Gasteiger partial charge in [-0.05, 0) is 31.0 Å². The van der Waals surface area contributed by atoms with E-state index in [1.807, 2.05) is 6.07 Å². The average molecular weight is 295 g/mol. The van der Waals surface area contributed by atoms with Crippen molar-refractivity contribution in [3.63, 3.8) is 0 Å². The Balaban J connectivity index is 2.27. The van der Waals surface area contributed by atoms with Crippen molar-refractivity contribution >= 4 is 27.0 Å². The molecule has 1 atom stereocenters. The maximum absolute atomic E-state index is 4.70. The zero-order valence-electron chi connectivity index (χ0n) is 10.5. The summed E-state index contributed by atoms with van der Waals surface area (Å²) in [5, 5.41) is 0. The number of nitrogens with one attached hydrogen (secondary N) is 1. The number of aromatic nitrogens is 2. The fourth-order valence-electron chi connectivity index (χ4n) is 2.18. The molecule has 0 saturated heterocycles. The standard InChI is InChI=1S/C14H19BrN2/c1-3-5-6-10(4-2)14-16-12-8-7-11(15)9-13(12)17-14/h7-10H,3-6H2,1-2H3,(H,16,17). The molecule has 0 fully saturated rings. The van der Waals surface area contributed by atoms with E-state index in [0.29, 0.717) is 5.92 Å². The lowest BCUT2D eigenvalue weighted by molar-refractivity contribution is 0.549. The van der Waals surface area contributed by atoms with E-state index < -0.39 is 0 Å². The van der Waals surface area contributed by atoms with Crippen molar-refractivity contribution in [2.75, 3.05) is 0 Å². The van der Waals surface area contributed by atoms with Crippen molar-refractivity contribution in [3.8, 4) is 0 Å². The second-order valence-electron chi connectivity index (χ2n) is 4.53. The molecule has 0 spiro atoms. The van der Waals surface area contributed by atoms with E-state index in [-0.39, 0.29) is 0 Å². The molecule has 0 amide bonds. The van der Waals surface area contributed by atoms with Gasteiger partial charge in [-0.15, -0.1) is 0 Å². The lowest BCUT2D eigenvalue weighted by atomic mass is 9.99. The topological polar surface area (TPSA) is 28.7 Å². The highest BCUT2D eigenvalue weighted by Gasteiger charge is 2.13. The molecule has 0 radical (unpaired) electrons. The second-order valence-corrected chi connectivity index (χ2v) is 5.45. The number of hydrogen-bond acceptors (Lipinski definition) is 1. The summed E-state index contributed by atoms with van der Waals surface area (Å²) in [6, 6.07) is 6.20. The van der Waals surface area contributed by atoms with Crippen LogP contribution in [-0.4, -0.2) is 9.97 Å². The summed E-state index contributed by atoms with van der Waals surface area (Å²) < 4.78 is 1.10. The molecule has 3 heteroatoms. The monoisotopic (exact) mass is 294 g/mol. The zero-order chi connectivity index (χ0) is 12.3. The first-order valence-corrected chi connectivity index (χ1v) is 7.19. The van der Waals surface area contributed by atoms with Crippen LogP contribution in [0.1, 0.15) is 51.3 Å². The number of unbranched alkanes of at least 4 members (excludes halogenated alkanes) is 1. The molecule has 1 aromatic heterocycles. The predicted molar refractivity (Wildman–Crippen MR) is 76.4 cm³/mol. The summed E-state index contributed by atoms with van der Waals surface area (Å²) in [6.07, 6.45) is 4.91. The van der Waals surface area contributed by atoms with Crippen molar-refractivity contribution in [3.05, 3.63) is 28.5 Å². The van der Waals surface area contributed by atoms with Crippen molar-refractivity contribution in [1.82, 2.24) is 9.97 Å². The average Bonchev–Trinajstić information content (AvgIpc) is 2.72. The van der Waals surface area contributed by atoms with Crippen LogP contribution < -0.4 is 0 Å². The van der Waals surface area contributed by atoms with Gasteiger partial charge in [-0.3, -0.25) is 0 Å². The van der Waals surface area contributed by atoms with Gasteiger partial charge in [0.15, 0.2) is 0 Å². The minimum atomic E-state index is 0.570. The molecule has 2 nitrogen and oxygen atoms in total. The first-order chi connectivity index (χ1) is 8.24. The molecule has 1 N–H and O–H groups in total. The van der Waals surface area contributed by atoms with Crippen LogP contribution >= 0.6 is 15.9 Å². The molecule has 0 aliphatic heterocycles. The van der Waals surface area contributed by atoms with E-state index in [9.17, 15) is 0 Å². The summed E-state index contributed by atoms with van der Waals surface area (Å²) in [7, 11) is 0. The summed E-state index contributed by atoms with van der Waals surface area (Å²) >= 11 is 3.49. The van der Waals surface area contributed by atoms with Gasteiger partial charge >= 0.3 is 0 Å². The minimum Gasteiger partial charge on any atom is -0.342 e. The molecule has 0 aliphatic carbocycles. The van der Waals surface area contributed by atoms with Crippen LogP contribution in [0.5, 0.6) is 0 Å². The number of halogens is 1. The molecule has 1 unspecified atom stereocenters. The number of fused-ring (bicyclic) bond motifs is 1. The van der Waals surface area contributed by atoms with Crippen LogP contribution in [0.25, 0.3) is 11.0 Å². The number of hydrogen-bond donors (Lipinski definition) is 1. The van der Waals surface area contributed by atoms with Crippen molar-refractivity contribution < 1.29 is 0 Å². The molecule has 2 rings (SSSR count). The lowest BCUT2D eigenvalue weighted by Gasteiger charge is -2.10. The molecule has 92 valence electrons. The second kappa shape index (κ2) is 5.67. The molecular weight excluding hydrogens is 276 g/mol. The van der Waals surface area contributed by atoms with Gasteiger partial charge in [0.05, 0.1) is 11.0 Å². The quantitative estimate of drug-likeness (QED) is 0.825. The van der Waals surface area contributed by atoms with Gasteiger partial charge in [0, 0.05) is 10.4 Å². The summed E-state index contributed by atoms with van der Waals surface area (Å²) in [4.78, 5) is 8.16. The SMILES string of the molecule is CCCCC(CC)c1nc2ccc(Br)cc2[nH]1. The first kappa shape index (κ1) is 12.6. The van der Waals surface area contributed by atoms with Gasteiger partial charge in [0.1, 0.15) is 5.82 Å². The van der Waals surface area contributed by atoms with Crippen LogP contribution in [0, 0.1) is 0 Å². The van der Waals surface area contributed by atoms with Crippen LogP contribution in [-0.2, 0) is 0 Å². The summed E-state index contributed by atoms with van der Waals surface area (Å²) in [5.41, 5.74) is 2.20. The number of imidazole rings is 1. The highest BCUT2D eigenvalue weighted by molar-refractivity contribution is 9.10. The van der Waals surface area contributed by atoms with Crippen LogP contribution in [0.15, 0.2) is 22.7 Å². The van der Waals surface area contributed by atoms with Crippen LogP contribution in [0.4, 0.5) is 0 Å². The van der Waals surface area contributed by atoms with Gasteiger partial charge in [-0.25, -0.2) is 4.98 Å². The van der Waals surface area contributed by atoms with Gasteiger partial charge in [0.2, 0.25) is 0 Å². The Kier molecular flexibility index (Phi) is 4.21. The minimum absolute atomic E-state index is 0.570. The third-order valence-corrected chi connectivity index (χ3v) is 3.74. The Bertz CT molecular complexity index is 490. The lowest BCUT2D eigenvalue weighted by Crippen LogP contribution is -1.99.